The Bertz CT molecular complexity index is 513. The molecule has 1 aromatic rings. The zero-order valence-electron chi connectivity index (χ0n) is 9.52. The van der Waals surface area contributed by atoms with E-state index in [1.807, 2.05) is 0 Å². The molecule has 0 aliphatic carbocycles. The fourth-order valence-electron chi connectivity index (χ4n) is 1.06. The van der Waals surface area contributed by atoms with E-state index in [9.17, 15) is 25.0 Å². The van der Waals surface area contributed by atoms with Gasteiger partial charge in [0.05, 0.1) is 15.9 Å². The zero-order chi connectivity index (χ0) is 13.9. The second-order valence-corrected chi connectivity index (χ2v) is 3.43. The molecule has 1 amide bonds. The molecular formula is C9H9N3O6. The Labute approximate surface area is 101 Å². The van der Waals surface area contributed by atoms with Crippen LogP contribution in [0.2, 0.25) is 0 Å². The minimum absolute atomic E-state index is 0.133. The summed E-state index contributed by atoms with van der Waals surface area (Å²) >= 11 is 0. The number of ether oxygens (including phenoxy) is 1. The molecule has 0 aromatic heterocycles. The lowest BCUT2D eigenvalue weighted by atomic mass is 10.2. The van der Waals surface area contributed by atoms with Crippen LogP contribution in [0.15, 0.2) is 18.2 Å². The molecule has 1 rings (SSSR count). The standard InChI is InChI=1S/C9H9N3O6/c1-10(2)9(13)18-6-3-4-7(11(14)15)8(5-6)12(16)17/h3-5H,1-2H3. The number of amides is 1. The maximum absolute atomic E-state index is 11.2. The number of rotatable bonds is 3. The van der Waals surface area contributed by atoms with Crippen molar-refractivity contribution >= 4 is 17.5 Å². The SMILES string of the molecule is CN(C)C(=O)Oc1ccc([N+](=O)[O-])c([N+](=O)[O-])c1. The number of hydrogen-bond acceptors (Lipinski definition) is 6. The van der Waals surface area contributed by atoms with Crippen LogP contribution < -0.4 is 4.74 Å². The van der Waals surface area contributed by atoms with Crippen LogP contribution in [0.4, 0.5) is 16.2 Å². The van der Waals surface area contributed by atoms with Gasteiger partial charge in [0, 0.05) is 20.2 Å². The van der Waals surface area contributed by atoms with Crippen molar-refractivity contribution in [1.82, 2.24) is 4.90 Å². The fraction of sp³-hybridized carbons (Fsp3) is 0.222. The predicted molar refractivity (Wildman–Crippen MR) is 59.5 cm³/mol. The van der Waals surface area contributed by atoms with Gasteiger partial charge in [0.15, 0.2) is 0 Å². The highest BCUT2D eigenvalue weighted by atomic mass is 16.6. The van der Waals surface area contributed by atoms with Gasteiger partial charge in [0.25, 0.3) is 0 Å². The highest BCUT2D eigenvalue weighted by molar-refractivity contribution is 5.71. The second kappa shape index (κ2) is 5.08. The molecule has 0 aliphatic rings. The van der Waals surface area contributed by atoms with E-state index >= 15 is 0 Å². The van der Waals surface area contributed by atoms with Gasteiger partial charge < -0.3 is 9.64 Å². The first-order valence-electron chi connectivity index (χ1n) is 4.65. The van der Waals surface area contributed by atoms with Gasteiger partial charge >= 0.3 is 17.5 Å². The van der Waals surface area contributed by atoms with Crippen LogP contribution in [0.3, 0.4) is 0 Å². The third kappa shape index (κ3) is 2.90. The lowest BCUT2D eigenvalue weighted by molar-refractivity contribution is -0.422. The molecule has 0 unspecified atom stereocenters. The number of benzene rings is 1. The van der Waals surface area contributed by atoms with Crippen molar-refractivity contribution in [2.75, 3.05) is 14.1 Å². The Kier molecular flexibility index (Phi) is 3.77. The number of carbonyl (C=O) groups excluding carboxylic acids is 1. The van der Waals surface area contributed by atoms with Crippen molar-refractivity contribution in [2.24, 2.45) is 0 Å². The summed E-state index contributed by atoms with van der Waals surface area (Å²) in [5.74, 6) is -0.133. The highest BCUT2D eigenvalue weighted by Crippen LogP contribution is 2.30. The third-order valence-electron chi connectivity index (χ3n) is 1.91. The first-order chi connectivity index (χ1) is 8.32. The maximum atomic E-state index is 11.2. The van der Waals surface area contributed by atoms with E-state index in [1.165, 1.54) is 14.1 Å². The molecule has 9 heteroatoms. The number of nitro groups is 2. The summed E-state index contributed by atoms with van der Waals surface area (Å²) in [6.45, 7) is 0. The normalized spacial score (nSPS) is 9.67. The summed E-state index contributed by atoms with van der Waals surface area (Å²) in [6, 6.07) is 2.86. The molecule has 0 atom stereocenters. The third-order valence-corrected chi connectivity index (χ3v) is 1.91. The molecule has 0 saturated heterocycles. The molecule has 0 N–H and O–H groups in total. The molecule has 18 heavy (non-hydrogen) atoms. The molecule has 0 aliphatic heterocycles. The Morgan fingerprint density at radius 2 is 1.72 bits per heavy atom. The van der Waals surface area contributed by atoms with Crippen LogP contribution in [0, 0.1) is 20.2 Å². The van der Waals surface area contributed by atoms with Crippen molar-refractivity contribution in [1.29, 1.82) is 0 Å². The lowest BCUT2D eigenvalue weighted by Gasteiger charge is -2.10. The molecule has 0 radical (unpaired) electrons. The van der Waals surface area contributed by atoms with Gasteiger partial charge in [-0.2, -0.15) is 0 Å². The first kappa shape index (κ1) is 13.4. The van der Waals surface area contributed by atoms with Gasteiger partial charge in [0.2, 0.25) is 0 Å². The lowest BCUT2D eigenvalue weighted by Crippen LogP contribution is -2.25. The van der Waals surface area contributed by atoms with E-state index in [2.05, 4.69) is 0 Å². The van der Waals surface area contributed by atoms with Crippen LogP contribution in [0.5, 0.6) is 5.75 Å². The van der Waals surface area contributed by atoms with E-state index in [4.69, 9.17) is 4.74 Å². The van der Waals surface area contributed by atoms with E-state index in [-0.39, 0.29) is 5.75 Å². The Hall–Kier alpha value is -2.71. The van der Waals surface area contributed by atoms with Crippen molar-refractivity contribution in [3.63, 3.8) is 0 Å². The largest absolute Gasteiger partial charge is 0.414 e. The first-order valence-corrected chi connectivity index (χ1v) is 4.65. The molecule has 1 aromatic carbocycles. The zero-order valence-corrected chi connectivity index (χ0v) is 9.52. The van der Waals surface area contributed by atoms with Gasteiger partial charge in [-0.05, 0) is 6.07 Å². The van der Waals surface area contributed by atoms with Crippen molar-refractivity contribution in [3.05, 3.63) is 38.4 Å². The van der Waals surface area contributed by atoms with Crippen molar-refractivity contribution < 1.29 is 19.4 Å². The fourth-order valence-corrected chi connectivity index (χ4v) is 1.06. The molecule has 0 spiro atoms. The maximum Gasteiger partial charge on any atom is 0.414 e. The van der Waals surface area contributed by atoms with Gasteiger partial charge in [0.1, 0.15) is 5.75 Å². The Balaban J connectivity index is 3.12. The number of nitrogens with zero attached hydrogens (tertiary/aromatic N) is 3. The molecule has 0 bridgehead atoms. The quantitative estimate of drug-likeness (QED) is 0.597. The molecular weight excluding hydrogens is 246 g/mol. The average molecular weight is 255 g/mol. The summed E-state index contributed by atoms with van der Waals surface area (Å²) in [7, 11) is 2.87. The van der Waals surface area contributed by atoms with E-state index in [0.717, 1.165) is 23.1 Å². The summed E-state index contributed by atoms with van der Waals surface area (Å²) in [5, 5.41) is 21.2. The molecule has 9 nitrogen and oxygen atoms in total. The van der Waals surface area contributed by atoms with Crippen LogP contribution in [0.1, 0.15) is 0 Å². The summed E-state index contributed by atoms with van der Waals surface area (Å²) in [4.78, 5) is 31.7. The Morgan fingerprint density at radius 1 is 1.17 bits per heavy atom. The molecule has 0 saturated carbocycles. The van der Waals surface area contributed by atoms with Gasteiger partial charge in [-0.15, -0.1) is 0 Å². The number of nitro benzene ring substituents is 2. The second-order valence-electron chi connectivity index (χ2n) is 3.43. The van der Waals surface area contributed by atoms with Gasteiger partial charge in [-0.25, -0.2) is 4.79 Å². The molecule has 0 fully saturated rings. The summed E-state index contributed by atoms with van der Waals surface area (Å²) in [6.07, 6.45) is -0.738. The molecule has 96 valence electrons. The monoisotopic (exact) mass is 255 g/mol. The van der Waals surface area contributed by atoms with Crippen LogP contribution in [-0.4, -0.2) is 34.9 Å². The number of hydrogen-bond donors (Lipinski definition) is 0. The Morgan fingerprint density at radius 3 is 2.17 bits per heavy atom. The minimum atomic E-state index is -0.912. The molecule has 0 heterocycles. The predicted octanol–water partition coefficient (Wildman–Crippen LogP) is 1.56. The topological polar surface area (TPSA) is 116 Å². The van der Waals surface area contributed by atoms with Gasteiger partial charge in [-0.1, -0.05) is 0 Å². The average Bonchev–Trinajstić information content (AvgIpc) is 2.28. The van der Waals surface area contributed by atoms with E-state index in [0.29, 0.717) is 0 Å². The van der Waals surface area contributed by atoms with Crippen molar-refractivity contribution in [2.45, 2.75) is 0 Å². The summed E-state index contributed by atoms with van der Waals surface area (Å²) in [5.41, 5.74) is -1.39. The van der Waals surface area contributed by atoms with E-state index < -0.39 is 27.3 Å². The van der Waals surface area contributed by atoms with Gasteiger partial charge in [-0.3, -0.25) is 20.2 Å². The minimum Gasteiger partial charge on any atom is -0.410 e. The highest BCUT2D eigenvalue weighted by Gasteiger charge is 2.25. The van der Waals surface area contributed by atoms with Crippen LogP contribution in [-0.2, 0) is 0 Å². The van der Waals surface area contributed by atoms with E-state index in [1.54, 1.807) is 0 Å². The van der Waals surface area contributed by atoms with Crippen LogP contribution >= 0.6 is 0 Å². The van der Waals surface area contributed by atoms with Crippen molar-refractivity contribution in [3.8, 4) is 5.75 Å². The summed E-state index contributed by atoms with van der Waals surface area (Å²) < 4.78 is 4.76. The van der Waals surface area contributed by atoms with Crippen LogP contribution in [0.25, 0.3) is 0 Å². The smallest absolute Gasteiger partial charge is 0.410 e. The number of carbonyl (C=O) groups is 1.